The van der Waals surface area contributed by atoms with Crippen LogP contribution in [-0.4, -0.2) is 32.2 Å². The molecule has 3 aromatic rings. The van der Waals surface area contributed by atoms with Gasteiger partial charge < -0.3 is 14.9 Å². The van der Waals surface area contributed by atoms with Gasteiger partial charge in [0.15, 0.2) is 5.82 Å². The van der Waals surface area contributed by atoms with Crippen molar-refractivity contribution < 1.29 is 14.4 Å². The van der Waals surface area contributed by atoms with Gasteiger partial charge in [0.05, 0.1) is 0 Å². The van der Waals surface area contributed by atoms with Gasteiger partial charge in [-0.05, 0) is 17.7 Å². The highest BCUT2D eigenvalue weighted by atomic mass is 16.5. The number of aliphatic carboxylic acids is 1. The Morgan fingerprint density at radius 3 is 2.65 bits per heavy atom. The van der Waals surface area contributed by atoms with Gasteiger partial charge in [-0.1, -0.05) is 49.3 Å². The van der Waals surface area contributed by atoms with Gasteiger partial charge in [0.2, 0.25) is 0 Å². The maximum Gasteiger partial charge on any atom is 0.326 e. The lowest BCUT2D eigenvalue weighted by atomic mass is 10.1. The van der Waals surface area contributed by atoms with Gasteiger partial charge in [0.25, 0.3) is 5.89 Å². The SMILES string of the molecule is CC(C)c1noc(-c2ccnc(N[C@@H](Cc3ccccc3)C(=O)O)c2)n1. The van der Waals surface area contributed by atoms with Crippen LogP contribution in [0.4, 0.5) is 5.82 Å². The molecule has 0 unspecified atom stereocenters. The van der Waals surface area contributed by atoms with Crippen LogP contribution in [0.3, 0.4) is 0 Å². The zero-order valence-electron chi connectivity index (χ0n) is 14.6. The van der Waals surface area contributed by atoms with Crippen LogP contribution in [0, 0.1) is 0 Å². The Morgan fingerprint density at radius 1 is 1.23 bits per heavy atom. The predicted molar refractivity (Wildman–Crippen MR) is 96.8 cm³/mol. The number of rotatable bonds is 7. The zero-order valence-corrected chi connectivity index (χ0v) is 14.6. The molecule has 0 saturated heterocycles. The second kappa shape index (κ2) is 7.77. The van der Waals surface area contributed by atoms with E-state index in [9.17, 15) is 9.90 Å². The first-order valence-electron chi connectivity index (χ1n) is 8.36. The van der Waals surface area contributed by atoms with Crippen molar-refractivity contribution in [3.8, 4) is 11.5 Å². The van der Waals surface area contributed by atoms with Gasteiger partial charge in [-0.3, -0.25) is 0 Å². The van der Waals surface area contributed by atoms with E-state index in [1.165, 1.54) is 0 Å². The van der Waals surface area contributed by atoms with Crippen LogP contribution in [-0.2, 0) is 11.2 Å². The van der Waals surface area contributed by atoms with Gasteiger partial charge in [-0.25, -0.2) is 9.78 Å². The largest absolute Gasteiger partial charge is 0.480 e. The third kappa shape index (κ3) is 4.24. The average Bonchev–Trinajstić information content (AvgIpc) is 3.13. The molecule has 26 heavy (non-hydrogen) atoms. The van der Waals surface area contributed by atoms with Crippen molar-refractivity contribution in [2.75, 3.05) is 5.32 Å². The molecule has 1 aromatic carbocycles. The van der Waals surface area contributed by atoms with E-state index in [0.29, 0.717) is 29.5 Å². The van der Waals surface area contributed by atoms with Crippen LogP contribution in [0.1, 0.15) is 31.2 Å². The van der Waals surface area contributed by atoms with Gasteiger partial charge in [0, 0.05) is 24.1 Å². The minimum Gasteiger partial charge on any atom is -0.480 e. The Hall–Kier alpha value is -3.22. The van der Waals surface area contributed by atoms with Crippen molar-refractivity contribution in [1.29, 1.82) is 0 Å². The normalized spacial score (nSPS) is 12.1. The number of hydrogen-bond acceptors (Lipinski definition) is 6. The van der Waals surface area contributed by atoms with E-state index < -0.39 is 12.0 Å². The van der Waals surface area contributed by atoms with E-state index in [4.69, 9.17) is 4.52 Å². The lowest BCUT2D eigenvalue weighted by Gasteiger charge is -2.15. The van der Waals surface area contributed by atoms with Crippen LogP contribution in [0.2, 0.25) is 0 Å². The molecule has 7 nitrogen and oxygen atoms in total. The van der Waals surface area contributed by atoms with Crippen molar-refractivity contribution in [1.82, 2.24) is 15.1 Å². The molecule has 2 heterocycles. The van der Waals surface area contributed by atoms with Crippen molar-refractivity contribution in [3.05, 3.63) is 60.0 Å². The molecule has 3 rings (SSSR count). The lowest BCUT2D eigenvalue weighted by molar-refractivity contribution is -0.137. The third-order valence-corrected chi connectivity index (χ3v) is 3.87. The molecule has 0 fully saturated rings. The molecule has 0 amide bonds. The lowest BCUT2D eigenvalue weighted by Crippen LogP contribution is -2.31. The summed E-state index contributed by atoms with van der Waals surface area (Å²) in [5, 5.41) is 16.4. The summed E-state index contributed by atoms with van der Waals surface area (Å²) in [4.78, 5) is 20.2. The van der Waals surface area contributed by atoms with Crippen molar-refractivity contribution in [2.24, 2.45) is 0 Å². The number of carbonyl (C=O) groups is 1. The van der Waals surface area contributed by atoms with E-state index in [1.54, 1.807) is 18.3 Å². The number of nitrogens with one attached hydrogen (secondary N) is 1. The number of anilines is 1. The second-order valence-corrected chi connectivity index (χ2v) is 6.27. The first-order valence-corrected chi connectivity index (χ1v) is 8.36. The Balaban J connectivity index is 1.78. The topological polar surface area (TPSA) is 101 Å². The average molecular weight is 352 g/mol. The summed E-state index contributed by atoms with van der Waals surface area (Å²) in [6, 6.07) is 12.1. The van der Waals surface area contributed by atoms with Gasteiger partial charge >= 0.3 is 5.97 Å². The van der Waals surface area contributed by atoms with E-state index in [1.807, 2.05) is 44.2 Å². The van der Waals surface area contributed by atoms with Crippen LogP contribution < -0.4 is 5.32 Å². The number of pyridine rings is 1. The van der Waals surface area contributed by atoms with E-state index in [0.717, 1.165) is 5.56 Å². The fraction of sp³-hybridized carbons (Fsp3) is 0.263. The Morgan fingerprint density at radius 2 is 2.00 bits per heavy atom. The Labute approximate surface area is 151 Å². The Bertz CT molecular complexity index is 877. The fourth-order valence-electron chi connectivity index (χ4n) is 2.46. The Kier molecular flexibility index (Phi) is 5.26. The summed E-state index contributed by atoms with van der Waals surface area (Å²) in [6.07, 6.45) is 1.93. The molecule has 2 N–H and O–H groups in total. The standard InChI is InChI=1S/C19H20N4O3/c1-12(2)17-22-18(26-23-17)14-8-9-20-16(11-14)21-15(19(24)25)10-13-6-4-3-5-7-13/h3-9,11-12,15H,10H2,1-2H3,(H,20,21)(H,24,25)/t15-/m0/s1. The molecule has 2 aromatic heterocycles. The molecular formula is C19H20N4O3. The summed E-state index contributed by atoms with van der Waals surface area (Å²) in [7, 11) is 0. The maximum atomic E-state index is 11.6. The van der Waals surface area contributed by atoms with Gasteiger partial charge in [0.1, 0.15) is 11.9 Å². The molecular weight excluding hydrogens is 332 g/mol. The third-order valence-electron chi connectivity index (χ3n) is 3.87. The minimum absolute atomic E-state index is 0.161. The highest BCUT2D eigenvalue weighted by Crippen LogP contribution is 2.22. The molecule has 0 saturated carbocycles. The highest BCUT2D eigenvalue weighted by Gasteiger charge is 2.19. The molecule has 0 aliphatic rings. The predicted octanol–water partition coefficient (Wildman–Crippen LogP) is 3.36. The highest BCUT2D eigenvalue weighted by molar-refractivity contribution is 5.77. The first-order chi connectivity index (χ1) is 12.5. The van der Waals surface area contributed by atoms with Crippen molar-refractivity contribution in [2.45, 2.75) is 32.2 Å². The maximum absolute atomic E-state index is 11.6. The van der Waals surface area contributed by atoms with Crippen LogP contribution in [0.25, 0.3) is 11.5 Å². The molecule has 1 atom stereocenters. The van der Waals surface area contributed by atoms with E-state index >= 15 is 0 Å². The zero-order chi connectivity index (χ0) is 18.5. The monoisotopic (exact) mass is 352 g/mol. The summed E-state index contributed by atoms with van der Waals surface area (Å²) >= 11 is 0. The molecule has 0 aliphatic carbocycles. The van der Waals surface area contributed by atoms with E-state index in [2.05, 4.69) is 20.4 Å². The molecule has 0 spiro atoms. The number of nitrogens with zero attached hydrogens (tertiary/aromatic N) is 3. The van der Waals surface area contributed by atoms with Crippen LogP contribution in [0.5, 0.6) is 0 Å². The molecule has 0 bridgehead atoms. The van der Waals surface area contributed by atoms with E-state index in [-0.39, 0.29) is 5.92 Å². The number of carboxylic acid groups (broad SMARTS) is 1. The number of carboxylic acids is 1. The van der Waals surface area contributed by atoms with Gasteiger partial charge in [-0.15, -0.1) is 0 Å². The van der Waals surface area contributed by atoms with Crippen molar-refractivity contribution in [3.63, 3.8) is 0 Å². The number of hydrogen-bond donors (Lipinski definition) is 2. The summed E-state index contributed by atoms with van der Waals surface area (Å²) < 4.78 is 5.28. The molecule has 134 valence electrons. The molecule has 7 heteroatoms. The van der Waals surface area contributed by atoms with Crippen molar-refractivity contribution >= 4 is 11.8 Å². The summed E-state index contributed by atoms with van der Waals surface area (Å²) in [5.41, 5.74) is 1.62. The number of aromatic nitrogens is 3. The summed E-state index contributed by atoms with van der Waals surface area (Å²) in [6.45, 7) is 3.96. The smallest absolute Gasteiger partial charge is 0.326 e. The number of benzene rings is 1. The molecule has 0 radical (unpaired) electrons. The van der Waals surface area contributed by atoms with Crippen LogP contribution >= 0.6 is 0 Å². The first kappa shape index (κ1) is 17.6. The van der Waals surface area contributed by atoms with Gasteiger partial charge in [-0.2, -0.15) is 4.98 Å². The molecule has 0 aliphatic heterocycles. The second-order valence-electron chi connectivity index (χ2n) is 6.27. The minimum atomic E-state index is -0.944. The fourth-order valence-corrected chi connectivity index (χ4v) is 2.46. The summed E-state index contributed by atoms with van der Waals surface area (Å²) in [5.74, 6) is 0.665. The van der Waals surface area contributed by atoms with Crippen LogP contribution in [0.15, 0.2) is 53.2 Å². The quantitative estimate of drug-likeness (QED) is 0.672.